The molecule has 0 unspecified atom stereocenters. The molecular weight excluding hydrogens is 320 g/mol. The molecule has 1 aliphatic rings. The molecule has 2 aromatic rings. The molecule has 1 N–H and O–H groups in total. The molecule has 24 heavy (non-hydrogen) atoms. The fraction of sp³-hybridized carbons (Fsp3) is 0.444. The molecule has 1 aromatic heterocycles. The zero-order chi connectivity index (χ0) is 16.9. The summed E-state index contributed by atoms with van der Waals surface area (Å²) >= 11 is 1.67. The minimum Gasteiger partial charge on any atom is -0.348 e. The Morgan fingerprint density at radius 1 is 1.17 bits per heavy atom. The monoisotopic (exact) mass is 344 g/mol. The van der Waals surface area contributed by atoms with Crippen LogP contribution in [-0.4, -0.2) is 48.0 Å². The molecule has 6 heteroatoms. The Kier molecular flexibility index (Phi) is 5.48. The first kappa shape index (κ1) is 16.9. The second kappa shape index (κ2) is 7.77. The summed E-state index contributed by atoms with van der Waals surface area (Å²) in [4.78, 5) is 21.5. The van der Waals surface area contributed by atoms with Gasteiger partial charge in [-0.2, -0.15) is 0 Å². The number of aromatic nitrogens is 1. The largest absolute Gasteiger partial charge is 0.348 e. The van der Waals surface area contributed by atoms with Crippen LogP contribution < -0.4 is 10.2 Å². The average Bonchev–Trinajstić information content (AvgIpc) is 3.16. The summed E-state index contributed by atoms with van der Waals surface area (Å²) in [5, 5.41) is 6.20. The number of nitrogens with one attached hydrogen (secondary N) is 1. The van der Waals surface area contributed by atoms with Gasteiger partial charge in [-0.25, -0.2) is 4.98 Å². The van der Waals surface area contributed by atoms with Gasteiger partial charge >= 0.3 is 0 Å². The first-order chi connectivity index (χ1) is 11.6. The van der Waals surface area contributed by atoms with E-state index in [0.29, 0.717) is 0 Å². The van der Waals surface area contributed by atoms with Crippen molar-refractivity contribution in [2.24, 2.45) is 0 Å². The maximum atomic E-state index is 12.6. The van der Waals surface area contributed by atoms with Crippen molar-refractivity contribution in [3.63, 3.8) is 0 Å². The predicted molar refractivity (Wildman–Crippen MR) is 98.4 cm³/mol. The molecule has 1 aliphatic heterocycles. The van der Waals surface area contributed by atoms with Gasteiger partial charge in [0.15, 0.2) is 5.13 Å². The third-order valence-electron chi connectivity index (χ3n) is 4.59. The van der Waals surface area contributed by atoms with E-state index in [0.717, 1.165) is 36.9 Å². The van der Waals surface area contributed by atoms with E-state index in [9.17, 15) is 4.79 Å². The summed E-state index contributed by atoms with van der Waals surface area (Å²) in [6.07, 6.45) is 1.84. The molecule has 1 amide bonds. The highest BCUT2D eigenvalue weighted by Crippen LogP contribution is 2.20. The first-order valence-corrected chi connectivity index (χ1v) is 9.27. The lowest BCUT2D eigenvalue weighted by Gasteiger charge is -2.37. The van der Waals surface area contributed by atoms with Crippen LogP contribution in [-0.2, 0) is 4.79 Å². The van der Waals surface area contributed by atoms with Gasteiger partial charge in [-0.1, -0.05) is 30.3 Å². The Hall–Kier alpha value is -1.92. The number of thiazole rings is 1. The van der Waals surface area contributed by atoms with Crippen molar-refractivity contribution in [2.75, 3.05) is 31.1 Å². The molecule has 0 saturated carbocycles. The molecule has 1 saturated heterocycles. The Morgan fingerprint density at radius 3 is 2.50 bits per heavy atom. The van der Waals surface area contributed by atoms with Crippen LogP contribution in [0.4, 0.5) is 5.13 Å². The summed E-state index contributed by atoms with van der Waals surface area (Å²) in [5.74, 6) is 0.0917. The van der Waals surface area contributed by atoms with Crippen LogP contribution in [0, 0.1) is 0 Å². The van der Waals surface area contributed by atoms with Crippen LogP contribution in [0.2, 0.25) is 0 Å². The molecule has 2 atom stereocenters. The van der Waals surface area contributed by atoms with Crippen molar-refractivity contribution in [1.82, 2.24) is 15.2 Å². The number of amides is 1. The summed E-state index contributed by atoms with van der Waals surface area (Å²) in [6, 6.07) is 9.98. The van der Waals surface area contributed by atoms with Crippen molar-refractivity contribution in [3.05, 3.63) is 47.5 Å². The number of piperazine rings is 1. The fourth-order valence-corrected chi connectivity index (χ4v) is 3.69. The van der Waals surface area contributed by atoms with Gasteiger partial charge in [0.25, 0.3) is 0 Å². The zero-order valence-electron chi connectivity index (χ0n) is 14.2. The predicted octanol–water partition coefficient (Wildman–Crippen LogP) is 2.53. The lowest BCUT2D eigenvalue weighted by molar-refractivity contribution is -0.126. The molecule has 1 fully saturated rings. The maximum absolute atomic E-state index is 12.6. The summed E-state index contributed by atoms with van der Waals surface area (Å²) in [6.45, 7) is 7.62. The van der Waals surface area contributed by atoms with E-state index in [1.165, 1.54) is 0 Å². The zero-order valence-corrected chi connectivity index (χ0v) is 15.0. The number of benzene rings is 1. The average molecular weight is 344 g/mol. The molecule has 5 nitrogen and oxygen atoms in total. The molecule has 2 heterocycles. The lowest BCUT2D eigenvalue weighted by Crippen LogP contribution is -2.54. The molecule has 0 bridgehead atoms. The smallest absolute Gasteiger partial charge is 0.237 e. The van der Waals surface area contributed by atoms with Gasteiger partial charge < -0.3 is 10.2 Å². The highest BCUT2D eigenvalue weighted by atomic mass is 32.1. The minimum absolute atomic E-state index is 0.0257. The standard InChI is InChI=1S/C18H24N4OS/c1-14(16-6-4-3-5-7-16)20-17(23)15(2)21-9-11-22(12-10-21)18-19-8-13-24-18/h3-8,13-15H,9-12H2,1-2H3,(H,20,23)/t14-,15-/m1/s1. The molecule has 0 radical (unpaired) electrons. The Morgan fingerprint density at radius 2 is 1.88 bits per heavy atom. The highest BCUT2D eigenvalue weighted by molar-refractivity contribution is 7.13. The first-order valence-electron chi connectivity index (χ1n) is 8.39. The van der Waals surface area contributed by atoms with E-state index in [2.05, 4.69) is 20.1 Å². The van der Waals surface area contributed by atoms with Gasteiger partial charge in [0.05, 0.1) is 12.1 Å². The third kappa shape index (κ3) is 3.94. The van der Waals surface area contributed by atoms with Gasteiger partial charge in [0.1, 0.15) is 0 Å². The van der Waals surface area contributed by atoms with E-state index < -0.39 is 0 Å². The quantitative estimate of drug-likeness (QED) is 0.905. The number of hydrogen-bond donors (Lipinski definition) is 1. The van der Waals surface area contributed by atoms with Crippen LogP contribution in [0.1, 0.15) is 25.5 Å². The molecule has 1 aromatic carbocycles. The van der Waals surface area contributed by atoms with E-state index in [-0.39, 0.29) is 18.0 Å². The second-order valence-corrected chi connectivity index (χ2v) is 7.03. The normalized spacial score (nSPS) is 18.2. The van der Waals surface area contributed by atoms with Gasteiger partial charge in [-0.05, 0) is 19.4 Å². The van der Waals surface area contributed by atoms with Crippen molar-refractivity contribution < 1.29 is 4.79 Å². The molecular formula is C18H24N4OS. The summed E-state index contributed by atoms with van der Waals surface area (Å²) in [5.41, 5.74) is 1.13. The van der Waals surface area contributed by atoms with E-state index in [1.54, 1.807) is 11.3 Å². The Labute approximate surface area is 147 Å². The van der Waals surface area contributed by atoms with Gasteiger partial charge in [-0.15, -0.1) is 11.3 Å². The van der Waals surface area contributed by atoms with Crippen molar-refractivity contribution in [1.29, 1.82) is 0 Å². The number of nitrogens with zero attached hydrogens (tertiary/aromatic N) is 3. The van der Waals surface area contributed by atoms with Crippen LogP contribution >= 0.6 is 11.3 Å². The van der Waals surface area contributed by atoms with E-state index >= 15 is 0 Å². The minimum atomic E-state index is -0.116. The van der Waals surface area contributed by atoms with Crippen LogP contribution in [0.25, 0.3) is 0 Å². The molecule has 3 rings (SSSR count). The van der Waals surface area contributed by atoms with Crippen molar-refractivity contribution in [2.45, 2.75) is 25.9 Å². The SMILES string of the molecule is C[C@H](C(=O)N[C@H](C)c1ccccc1)N1CCN(c2nccs2)CC1. The number of carbonyl (C=O) groups is 1. The van der Waals surface area contributed by atoms with Gasteiger partial charge in [0, 0.05) is 37.8 Å². The summed E-state index contributed by atoms with van der Waals surface area (Å²) < 4.78 is 0. The van der Waals surface area contributed by atoms with Crippen molar-refractivity contribution >= 4 is 22.4 Å². The number of hydrogen-bond acceptors (Lipinski definition) is 5. The van der Waals surface area contributed by atoms with Gasteiger partial charge in [0.2, 0.25) is 5.91 Å². The van der Waals surface area contributed by atoms with E-state index in [4.69, 9.17) is 0 Å². The van der Waals surface area contributed by atoms with Crippen LogP contribution in [0.15, 0.2) is 41.9 Å². The molecule has 128 valence electrons. The third-order valence-corrected chi connectivity index (χ3v) is 5.42. The van der Waals surface area contributed by atoms with Crippen molar-refractivity contribution in [3.8, 4) is 0 Å². The Bertz CT molecular complexity index is 638. The number of rotatable bonds is 5. The number of carbonyl (C=O) groups excluding carboxylic acids is 1. The highest BCUT2D eigenvalue weighted by Gasteiger charge is 2.27. The Balaban J connectivity index is 1.51. The van der Waals surface area contributed by atoms with Crippen LogP contribution in [0.3, 0.4) is 0 Å². The molecule has 0 aliphatic carbocycles. The second-order valence-electron chi connectivity index (χ2n) is 6.15. The molecule has 0 spiro atoms. The van der Waals surface area contributed by atoms with Crippen LogP contribution in [0.5, 0.6) is 0 Å². The fourth-order valence-electron chi connectivity index (χ4n) is 3.00. The lowest BCUT2D eigenvalue weighted by atomic mass is 10.1. The maximum Gasteiger partial charge on any atom is 0.237 e. The van der Waals surface area contributed by atoms with E-state index in [1.807, 2.05) is 55.8 Å². The number of anilines is 1. The summed E-state index contributed by atoms with van der Waals surface area (Å²) in [7, 11) is 0. The topological polar surface area (TPSA) is 48.5 Å². The van der Waals surface area contributed by atoms with Gasteiger partial charge in [-0.3, -0.25) is 9.69 Å².